The largest absolute Gasteiger partial charge is 0.326 e. The lowest BCUT2D eigenvalue weighted by Crippen LogP contribution is -2.99. The lowest BCUT2D eigenvalue weighted by Gasteiger charge is -2.26. The van der Waals surface area contributed by atoms with Gasteiger partial charge in [0.1, 0.15) is 17.9 Å². The summed E-state index contributed by atoms with van der Waals surface area (Å²) >= 11 is 1.73. The third kappa shape index (κ3) is 2.55. The third-order valence-electron chi connectivity index (χ3n) is 6.26. The molecule has 0 saturated carbocycles. The van der Waals surface area contributed by atoms with Crippen LogP contribution in [0.3, 0.4) is 0 Å². The van der Waals surface area contributed by atoms with E-state index in [0.717, 1.165) is 36.3 Å². The average molecular weight is 389 g/mol. The van der Waals surface area contributed by atoms with Crippen LogP contribution >= 0.6 is 11.8 Å². The summed E-state index contributed by atoms with van der Waals surface area (Å²) in [7, 11) is 0. The van der Waals surface area contributed by atoms with Gasteiger partial charge in [-0.2, -0.15) is 11.8 Å². The highest BCUT2D eigenvalue weighted by Crippen LogP contribution is 2.49. The second-order valence-electron chi connectivity index (χ2n) is 7.67. The van der Waals surface area contributed by atoms with Crippen molar-refractivity contribution in [2.45, 2.75) is 37.8 Å². The van der Waals surface area contributed by atoms with E-state index in [9.17, 15) is 14.4 Å². The average Bonchev–Trinajstić information content (AvgIpc) is 3.24. The number of hydrogen-bond donors (Lipinski definition) is 2. The fourth-order valence-electron chi connectivity index (χ4n) is 5.03. The lowest BCUT2D eigenvalue weighted by molar-refractivity contribution is -0.733. The number of anilines is 1. The van der Waals surface area contributed by atoms with Gasteiger partial charge in [-0.1, -0.05) is 31.5 Å². The zero-order valence-electron chi connectivity index (χ0n) is 15.7. The Kier molecular flexibility index (Phi) is 4.76. The molecule has 1 aromatic carbocycles. The van der Waals surface area contributed by atoms with E-state index < -0.39 is 17.4 Å². The maximum absolute atomic E-state index is 13.3. The van der Waals surface area contributed by atoms with Crippen molar-refractivity contribution in [2.24, 2.45) is 11.8 Å². The molecule has 3 amide bonds. The molecule has 27 heavy (non-hydrogen) atoms. The maximum Gasteiger partial charge on any atom is 0.291 e. The predicted molar refractivity (Wildman–Crippen MR) is 104 cm³/mol. The molecule has 2 fully saturated rings. The van der Waals surface area contributed by atoms with Gasteiger partial charge in [-0.15, -0.1) is 0 Å². The summed E-state index contributed by atoms with van der Waals surface area (Å²) in [6.07, 6.45) is 4.56. The molecule has 6 nitrogen and oxygen atoms in total. The van der Waals surface area contributed by atoms with E-state index in [-0.39, 0.29) is 23.8 Å². The highest BCUT2D eigenvalue weighted by molar-refractivity contribution is 7.98. The first-order valence-corrected chi connectivity index (χ1v) is 11.1. The minimum atomic E-state index is -1.02. The van der Waals surface area contributed by atoms with Crippen molar-refractivity contribution < 1.29 is 19.7 Å². The number of nitrogens with zero attached hydrogens (tertiary/aromatic N) is 1. The molecule has 0 bridgehead atoms. The third-order valence-corrected chi connectivity index (χ3v) is 6.90. The molecule has 0 aliphatic carbocycles. The Hall–Kier alpha value is -1.86. The lowest BCUT2D eigenvalue weighted by atomic mass is 9.76. The van der Waals surface area contributed by atoms with Crippen molar-refractivity contribution >= 4 is 35.2 Å². The number of unbranched alkanes of at least 4 members (excludes halogenated alkanes) is 1. The molecule has 0 aromatic heterocycles. The number of amides is 3. The molecular weight excluding hydrogens is 362 g/mol. The molecule has 3 heterocycles. The number of thioether (sulfide) groups is 1. The number of nitrogens with two attached hydrogens (primary N) is 1. The van der Waals surface area contributed by atoms with Crippen molar-refractivity contribution in [3.8, 4) is 0 Å². The number of hydrogen-bond acceptors (Lipinski definition) is 4. The second-order valence-corrected chi connectivity index (χ2v) is 8.65. The van der Waals surface area contributed by atoms with Gasteiger partial charge >= 0.3 is 0 Å². The molecule has 3 N–H and O–H groups in total. The Bertz CT molecular complexity index is 798. The van der Waals surface area contributed by atoms with Crippen LogP contribution in [-0.2, 0) is 19.9 Å². The van der Waals surface area contributed by atoms with Crippen LogP contribution in [0, 0.1) is 11.8 Å². The summed E-state index contributed by atoms with van der Waals surface area (Å²) in [6.45, 7) is 2.50. The van der Waals surface area contributed by atoms with Gasteiger partial charge in [-0.05, 0) is 24.5 Å². The van der Waals surface area contributed by atoms with Gasteiger partial charge in [0.05, 0.1) is 5.69 Å². The van der Waals surface area contributed by atoms with Gasteiger partial charge in [0.15, 0.2) is 0 Å². The summed E-state index contributed by atoms with van der Waals surface area (Å²) in [5, 5.41) is 4.98. The van der Waals surface area contributed by atoms with Gasteiger partial charge in [0.2, 0.25) is 17.4 Å². The zero-order chi connectivity index (χ0) is 19.2. The second kappa shape index (κ2) is 6.95. The van der Waals surface area contributed by atoms with Gasteiger partial charge in [0, 0.05) is 18.5 Å². The molecule has 0 unspecified atom stereocenters. The van der Waals surface area contributed by atoms with Gasteiger partial charge in [-0.3, -0.25) is 19.3 Å². The summed E-state index contributed by atoms with van der Waals surface area (Å²) in [5.41, 5.74) is 0.586. The molecule has 1 aromatic rings. The fraction of sp³-hybridized carbons (Fsp3) is 0.550. The number of likely N-dealkylation sites (tertiary alicyclic amines) is 1. The number of para-hydroxylation sites is 1. The molecule has 0 radical (unpaired) electrons. The summed E-state index contributed by atoms with van der Waals surface area (Å²) in [6, 6.07) is 7.52. The number of fused-ring (bicyclic) bond motifs is 4. The van der Waals surface area contributed by atoms with Crippen LogP contribution in [0.25, 0.3) is 0 Å². The quantitative estimate of drug-likeness (QED) is 0.711. The van der Waals surface area contributed by atoms with Crippen molar-refractivity contribution in [1.82, 2.24) is 4.90 Å². The van der Waals surface area contributed by atoms with E-state index >= 15 is 0 Å². The molecular formula is C20H26N3O3S+. The first kappa shape index (κ1) is 18.5. The maximum atomic E-state index is 13.3. The topological polar surface area (TPSA) is 83.1 Å². The van der Waals surface area contributed by atoms with Crippen LogP contribution in [0.4, 0.5) is 5.69 Å². The highest BCUT2D eigenvalue weighted by Gasteiger charge is 2.73. The van der Waals surface area contributed by atoms with E-state index in [2.05, 4.69) is 5.32 Å². The van der Waals surface area contributed by atoms with Crippen molar-refractivity contribution in [2.75, 3.05) is 23.9 Å². The van der Waals surface area contributed by atoms with Crippen molar-refractivity contribution in [3.63, 3.8) is 0 Å². The Labute approximate surface area is 163 Å². The number of benzene rings is 1. The van der Waals surface area contributed by atoms with Gasteiger partial charge in [-0.25, -0.2) is 0 Å². The van der Waals surface area contributed by atoms with E-state index in [1.165, 1.54) is 4.90 Å². The SMILES string of the molecule is CCCCN1C(=O)[C@H]2[C@@H](C1=O)[C@@]1([NH2+][C@@H]2CCSC)C(=O)Nc2ccccc21. The molecule has 2 saturated heterocycles. The minimum Gasteiger partial charge on any atom is -0.326 e. The number of quaternary nitrogens is 1. The first-order chi connectivity index (χ1) is 13.1. The monoisotopic (exact) mass is 388 g/mol. The van der Waals surface area contributed by atoms with Crippen LogP contribution in [0.2, 0.25) is 0 Å². The van der Waals surface area contributed by atoms with E-state index in [4.69, 9.17) is 0 Å². The molecule has 4 rings (SSSR count). The van der Waals surface area contributed by atoms with Crippen LogP contribution in [0.15, 0.2) is 24.3 Å². The van der Waals surface area contributed by atoms with E-state index in [1.807, 2.05) is 42.8 Å². The molecule has 4 atom stereocenters. The van der Waals surface area contributed by atoms with E-state index in [0.29, 0.717) is 6.54 Å². The Balaban J connectivity index is 1.79. The van der Waals surface area contributed by atoms with Crippen LogP contribution in [0.1, 0.15) is 31.7 Å². The molecule has 3 aliphatic heterocycles. The summed E-state index contributed by atoms with van der Waals surface area (Å²) < 4.78 is 0. The van der Waals surface area contributed by atoms with Crippen LogP contribution in [0.5, 0.6) is 0 Å². The van der Waals surface area contributed by atoms with Gasteiger partial charge < -0.3 is 10.6 Å². The fourth-order valence-corrected chi connectivity index (χ4v) is 5.54. The summed E-state index contributed by atoms with van der Waals surface area (Å²) in [5.74, 6) is -0.553. The standard InChI is InChI=1S/C20H25N3O3S/c1-3-4-10-23-17(24)15-14(9-11-27-2)22-20(16(15)18(23)25)12-7-5-6-8-13(12)21-19(20)26/h5-8,14-16,22H,3-4,9-11H2,1-2H3,(H,21,26)/p+1/t14-,15-,16+,20-/m1/s1. The number of carbonyl (C=O) groups is 3. The first-order valence-electron chi connectivity index (χ1n) is 9.67. The summed E-state index contributed by atoms with van der Waals surface area (Å²) in [4.78, 5) is 41.1. The highest BCUT2D eigenvalue weighted by atomic mass is 32.2. The van der Waals surface area contributed by atoms with Crippen LogP contribution < -0.4 is 10.6 Å². The Morgan fingerprint density at radius 1 is 1.22 bits per heavy atom. The number of nitrogens with one attached hydrogen (secondary N) is 1. The van der Waals surface area contributed by atoms with Crippen molar-refractivity contribution in [1.29, 1.82) is 0 Å². The molecule has 3 aliphatic rings. The van der Waals surface area contributed by atoms with Gasteiger partial charge in [0.25, 0.3) is 5.91 Å². The van der Waals surface area contributed by atoms with Crippen LogP contribution in [-0.4, -0.2) is 47.2 Å². The number of rotatable bonds is 6. The Morgan fingerprint density at radius 3 is 2.74 bits per heavy atom. The number of imide groups is 1. The minimum absolute atomic E-state index is 0.0533. The smallest absolute Gasteiger partial charge is 0.291 e. The predicted octanol–water partition coefficient (Wildman–Crippen LogP) is 0.934. The van der Waals surface area contributed by atoms with Crippen molar-refractivity contribution in [3.05, 3.63) is 29.8 Å². The normalized spacial score (nSPS) is 31.6. The molecule has 1 spiro atoms. The van der Waals surface area contributed by atoms with E-state index in [1.54, 1.807) is 11.8 Å². The molecule has 7 heteroatoms. The zero-order valence-corrected chi connectivity index (χ0v) is 16.6. The Morgan fingerprint density at radius 2 is 2.00 bits per heavy atom. The molecule has 144 valence electrons. The number of carbonyl (C=O) groups excluding carboxylic acids is 3.